The molecular weight excluding hydrogens is 1640 g/mol. The van der Waals surface area contributed by atoms with Crippen LogP contribution in [0.3, 0.4) is 0 Å². The third kappa shape index (κ3) is 28.4. The van der Waals surface area contributed by atoms with Crippen molar-refractivity contribution in [2.75, 3.05) is 27.8 Å². The predicted molar refractivity (Wildman–Crippen MR) is 448 cm³/mol. The summed E-state index contributed by atoms with van der Waals surface area (Å²) in [5.74, 6) is -3.47. The highest BCUT2D eigenvalue weighted by molar-refractivity contribution is 6.62. The average molecular weight is 1730 g/mol. The molecule has 0 aliphatic carbocycles. The van der Waals surface area contributed by atoms with Crippen molar-refractivity contribution in [1.29, 1.82) is 0 Å². The van der Waals surface area contributed by atoms with E-state index in [4.69, 9.17) is 106 Å². The summed E-state index contributed by atoms with van der Waals surface area (Å²) in [5.41, 5.74) is 21.4. The highest BCUT2D eigenvalue weighted by atomic mass is 35.5. The van der Waals surface area contributed by atoms with Crippen LogP contribution in [0.15, 0.2) is 156 Å². The minimum absolute atomic E-state index is 0.0119. The molecule has 2 amide bonds. The Bertz CT molecular complexity index is 5490. The number of carboxylic acids is 1. The molecule has 8 heterocycles. The Kier molecular flexibility index (Phi) is 30.2. The van der Waals surface area contributed by atoms with Gasteiger partial charge >= 0.3 is 37.0 Å². The largest absolute Gasteiger partial charge is 0.498 e. The molecule has 0 atom stereocenters. The normalized spacial score (nSPS) is 12.8. The Balaban J connectivity index is 0.000000188. The second-order valence-corrected chi connectivity index (χ2v) is 33.2. The van der Waals surface area contributed by atoms with Crippen LogP contribution in [0.25, 0.3) is 44.5 Å². The molecule has 9 N–H and O–H groups in total. The van der Waals surface area contributed by atoms with Crippen LogP contribution in [-0.2, 0) is 85.0 Å². The van der Waals surface area contributed by atoms with E-state index in [-0.39, 0.29) is 84.8 Å². The number of carbonyl (C=O) groups is 7. The standard InChI is InChI=1S/C19H20ClN5O4.C15H25BN2O4.C15H12ClN5O4.C15H16ClN3O4.C15H18ClN3O2/c1-19(2,3)29-16(26)9-25-8-12(7-22-25)11-4-5-13(20)14(6-11)23-17(27)15-10-28-18(21)24-15;1-13(2,3)20-12(19)10-18-9-11(8-17-18)16-21-14(4,5)15(6,7)22-16;16-10-2-1-8(9-4-18-21(5-9)6-13(22)23)3-11(10)19-14(24)12-7-25-15(17)20-12;1-15(2,3)23-14(20)9-18-8-11(7-17-18)10-4-5-12(16)13(6-10)19(21)22;1-15(2,3)21-14(20)9-19-8-11(7-18-19)10-4-5-12(16)13(17)6-10/h4-8,10H,9H2,1-3H3,(H2,21,24)(H,23,27);8-9H,10H2,1-7H3;1-5,7H,6H2,(H2,17,20)(H,19,24)(H,22,23);4-8H,9H2,1-3H3;4-8H,9,17H2,1-3H3. The predicted octanol–water partition coefficient (Wildman–Crippen LogP) is 13.6. The van der Waals surface area contributed by atoms with Gasteiger partial charge in [0.05, 0.1) is 73.0 Å². The molecule has 36 nitrogen and oxygen atoms in total. The Hall–Kier alpha value is -12.4. The first-order chi connectivity index (χ1) is 55.8. The van der Waals surface area contributed by atoms with Gasteiger partial charge in [-0.15, -0.1) is 0 Å². The van der Waals surface area contributed by atoms with Crippen molar-refractivity contribution in [1.82, 2.24) is 58.9 Å². The Morgan fingerprint density at radius 2 is 0.767 bits per heavy atom. The third-order valence-corrected chi connectivity index (χ3v) is 17.6. The highest BCUT2D eigenvalue weighted by Gasteiger charge is 2.52. The monoisotopic (exact) mass is 1730 g/mol. The fraction of sp³-hybridized carbons (Fsp3) is 0.342. The van der Waals surface area contributed by atoms with Gasteiger partial charge in [0.1, 0.15) is 72.7 Å². The van der Waals surface area contributed by atoms with Crippen LogP contribution in [-0.4, -0.2) is 151 Å². The molecule has 636 valence electrons. The van der Waals surface area contributed by atoms with E-state index < -0.39 is 69.4 Å². The summed E-state index contributed by atoms with van der Waals surface area (Å²) in [6.07, 6.45) is 18.7. The van der Waals surface area contributed by atoms with Crippen LogP contribution < -0.4 is 33.3 Å². The molecule has 12 rings (SSSR count). The van der Waals surface area contributed by atoms with Gasteiger partial charge < -0.3 is 70.0 Å². The summed E-state index contributed by atoms with van der Waals surface area (Å²) in [6, 6.07) is 19.7. The van der Waals surface area contributed by atoms with Crippen molar-refractivity contribution >= 4 is 135 Å². The number of hydrogen-bond donors (Lipinski definition) is 6. The minimum Gasteiger partial charge on any atom is -0.480 e. The van der Waals surface area contributed by atoms with Crippen molar-refractivity contribution in [3.05, 3.63) is 189 Å². The van der Waals surface area contributed by atoms with Gasteiger partial charge in [-0.25, -0.2) is 0 Å². The second-order valence-electron chi connectivity index (χ2n) is 31.6. The fourth-order valence-corrected chi connectivity index (χ4v) is 11.1. The summed E-state index contributed by atoms with van der Waals surface area (Å²) >= 11 is 24.0. The summed E-state index contributed by atoms with van der Waals surface area (Å²) in [5, 5.41) is 46.8. The number of nitro benzene ring substituents is 1. The molecule has 1 aliphatic heterocycles. The number of nitrogens with two attached hydrogens (primary N) is 3. The lowest BCUT2D eigenvalue weighted by atomic mass is 9.82. The number of oxazole rings is 2. The SMILES string of the molecule is CC(C)(C)OC(=O)Cn1cc(-c2ccc(Cl)c(N)c2)cn1.CC(C)(C)OC(=O)Cn1cc(-c2ccc(Cl)c(NC(=O)c3coc(N)n3)c2)cn1.CC(C)(C)OC(=O)Cn1cc(-c2ccc(Cl)c([N+](=O)[O-])c2)cn1.CC(C)(C)OC(=O)Cn1cc(B2OC(C)(C)C(C)(C)O2)cn1.Nc1nc(C(=O)Nc2cc(-c3cnn(CC(=O)O)c3)ccc2Cl)co1. The van der Waals surface area contributed by atoms with Gasteiger partial charge in [0.25, 0.3) is 29.5 Å². The number of nitro groups is 1. The molecule has 1 fully saturated rings. The lowest BCUT2D eigenvalue weighted by molar-refractivity contribution is -0.384. The van der Waals surface area contributed by atoms with E-state index in [1.807, 2.05) is 75.3 Å². The van der Waals surface area contributed by atoms with Crippen LogP contribution >= 0.6 is 46.4 Å². The van der Waals surface area contributed by atoms with Gasteiger partial charge in [-0.05, 0) is 175 Å². The Morgan fingerprint density at radius 3 is 1.08 bits per heavy atom. The zero-order valence-corrected chi connectivity index (χ0v) is 71.4. The molecule has 1 aliphatic rings. The lowest BCUT2D eigenvalue weighted by Crippen LogP contribution is -2.41. The maximum Gasteiger partial charge on any atom is 0.498 e. The van der Waals surface area contributed by atoms with Crippen molar-refractivity contribution < 1.29 is 80.7 Å². The van der Waals surface area contributed by atoms with Crippen molar-refractivity contribution in [3.8, 4) is 44.5 Å². The molecule has 0 radical (unpaired) electrons. The van der Waals surface area contributed by atoms with E-state index in [9.17, 15) is 43.7 Å². The zero-order valence-electron chi connectivity index (χ0n) is 68.4. The molecule has 0 bridgehead atoms. The number of aromatic nitrogens is 12. The number of hydrogen-bond acceptors (Lipinski definition) is 27. The summed E-state index contributed by atoms with van der Waals surface area (Å²) in [4.78, 5) is 100. The van der Waals surface area contributed by atoms with Crippen molar-refractivity contribution in [2.24, 2.45) is 0 Å². The van der Waals surface area contributed by atoms with E-state index >= 15 is 0 Å². The molecule has 41 heteroatoms. The van der Waals surface area contributed by atoms with E-state index in [0.717, 1.165) is 40.2 Å². The molecule has 0 spiro atoms. The molecule has 0 saturated carbocycles. The number of halogens is 4. The number of amides is 2. The number of esters is 4. The van der Waals surface area contributed by atoms with E-state index in [1.54, 1.807) is 146 Å². The van der Waals surface area contributed by atoms with E-state index in [2.05, 4.69) is 46.1 Å². The molecule has 11 aromatic rings. The number of nitrogens with one attached hydrogen (secondary N) is 2. The van der Waals surface area contributed by atoms with Crippen molar-refractivity contribution in [2.45, 2.75) is 177 Å². The number of benzene rings is 4. The topological polar surface area (TPSA) is 482 Å². The number of nitrogen functional groups attached to an aromatic ring is 3. The van der Waals surface area contributed by atoms with Crippen LogP contribution in [0.4, 0.5) is 34.8 Å². The van der Waals surface area contributed by atoms with Crippen LogP contribution in [0.2, 0.25) is 20.1 Å². The molecular formula is C79H91BCl4N18O18. The average Bonchev–Trinajstić information content (AvgIpc) is 1.62. The maximum atomic E-state index is 12.3. The van der Waals surface area contributed by atoms with Crippen LogP contribution in [0, 0.1) is 10.1 Å². The third-order valence-electron chi connectivity index (χ3n) is 16.3. The van der Waals surface area contributed by atoms with E-state index in [1.165, 1.54) is 47.9 Å². The van der Waals surface area contributed by atoms with Gasteiger partial charge in [0.2, 0.25) is 0 Å². The summed E-state index contributed by atoms with van der Waals surface area (Å²) in [6.45, 7) is 29.6. The maximum absolute atomic E-state index is 12.3. The quantitative estimate of drug-likeness (QED) is 0.0103. The zero-order chi connectivity index (χ0) is 88.7. The van der Waals surface area contributed by atoms with Gasteiger partial charge in [-0.3, -0.25) is 67.1 Å². The number of anilines is 5. The van der Waals surface area contributed by atoms with Gasteiger partial charge in [0, 0.05) is 71.0 Å². The van der Waals surface area contributed by atoms with Crippen molar-refractivity contribution in [3.63, 3.8) is 0 Å². The first-order valence-corrected chi connectivity index (χ1v) is 38.0. The number of nitrogens with zero attached hydrogens (tertiary/aromatic N) is 13. The summed E-state index contributed by atoms with van der Waals surface area (Å²) in [7, 11) is -0.475. The van der Waals surface area contributed by atoms with E-state index in [0.29, 0.717) is 54.4 Å². The first-order valence-electron chi connectivity index (χ1n) is 36.5. The molecule has 0 unspecified atom stereocenters. The highest BCUT2D eigenvalue weighted by Crippen LogP contribution is 2.38. The van der Waals surface area contributed by atoms with Gasteiger partial charge in [-0.2, -0.15) is 35.5 Å². The first kappa shape index (κ1) is 93.1. The smallest absolute Gasteiger partial charge is 0.480 e. The van der Waals surface area contributed by atoms with Crippen LogP contribution in [0.5, 0.6) is 0 Å². The molecule has 4 aromatic carbocycles. The minimum atomic E-state index is -0.995. The van der Waals surface area contributed by atoms with Gasteiger partial charge in [-0.1, -0.05) is 70.7 Å². The lowest BCUT2D eigenvalue weighted by Gasteiger charge is -2.32. The number of aliphatic carboxylic acids is 1. The Labute approximate surface area is 709 Å². The number of rotatable bonds is 20. The van der Waals surface area contributed by atoms with Crippen LogP contribution in [0.1, 0.15) is 132 Å². The molecule has 1 saturated heterocycles. The number of carboxylic acid groups (broad SMARTS) is 1. The Morgan fingerprint density at radius 1 is 0.458 bits per heavy atom. The number of ether oxygens (including phenoxy) is 4. The fourth-order valence-electron chi connectivity index (χ4n) is 10.4. The summed E-state index contributed by atoms with van der Waals surface area (Å²) < 4.78 is 49.9. The van der Waals surface area contributed by atoms with Gasteiger partial charge in [0.15, 0.2) is 11.4 Å². The molecule has 120 heavy (non-hydrogen) atoms. The number of carbonyl (C=O) groups excluding carboxylic acids is 6. The molecule has 7 aromatic heterocycles. The second kappa shape index (κ2) is 39.0.